The van der Waals surface area contributed by atoms with E-state index in [1.54, 1.807) is 53.4 Å². The van der Waals surface area contributed by atoms with Crippen LogP contribution in [0.5, 0.6) is 0 Å². The first-order valence-corrected chi connectivity index (χ1v) is 10.2. The normalized spacial score (nSPS) is 15.6. The van der Waals surface area contributed by atoms with Gasteiger partial charge in [0.15, 0.2) is 5.43 Å². The highest BCUT2D eigenvalue weighted by atomic mass is 35.5. The maximum absolute atomic E-state index is 13.4. The molecule has 6 heteroatoms. The van der Waals surface area contributed by atoms with Gasteiger partial charge in [-0.25, -0.2) is 0 Å². The fourth-order valence-corrected chi connectivity index (χ4v) is 4.36. The molecule has 0 saturated carbocycles. The monoisotopic (exact) mass is 435 g/mol. The van der Waals surface area contributed by atoms with E-state index in [4.69, 9.17) is 27.6 Å². The standard InChI is InChI=1S/C24H15Cl2NO3/c25-16-8-5-7-14(12-16)21-20-22(28)17-9-2-4-11-19(17)30-23(20)24(29)27(21)13-15-6-1-3-10-18(15)26/h1-12,21H,13H2. The predicted molar refractivity (Wildman–Crippen MR) is 117 cm³/mol. The van der Waals surface area contributed by atoms with Crippen LogP contribution in [0.4, 0.5) is 0 Å². The van der Waals surface area contributed by atoms with Gasteiger partial charge in [-0.3, -0.25) is 9.59 Å². The summed E-state index contributed by atoms with van der Waals surface area (Å²) >= 11 is 12.6. The maximum atomic E-state index is 13.4. The average Bonchev–Trinajstić information content (AvgIpc) is 3.02. The Hall–Kier alpha value is -3.08. The molecule has 0 N–H and O–H groups in total. The molecule has 4 nitrogen and oxygen atoms in total. The van der Waals surface area contributed by atoms with Crippen molar-refractivity contribution in [1.29, 1.82) is 0 Å². The van der Waals surface area contributed by atoms with Gasteiger partial charge in [0.05, 0.1) is 17.0 Å². The number of hydrogen-bond donors (Lipinski definition) is 0. The molecule has 1 aliphatic heterocycles. The lowest BCUT2D eigenvalue weighted by Gasteiger charge is -2.25. The second-order valence-electron chi connectivity index (χ2n) is 7.15. The number of benzene rings is 3. The molecular formula is C24H15Cl2NO3. The van der Waals surface area contributed by atoms with E-state index in [1.165, 1.54) is 0 Å². The molecule has 0 bridgehead atoms. The first-order valence-electron chi connectivity index (χ1n) is 9.40. The number of para-hydroxylation sites is 1. The minimum atomic E-state index is -0.622. The van der Waals surface area contributed by atoms with E-state index in [2.05, 4.69) is 0 Å². The highest BCUT2D eigenvalue weighted by Crippen LogP contribution is 2.40. The van der Waals surface area contributed by atoms with E-state index in [-0.39, 0.29) is 23.6 Å². The number of fused-ring (bicyclic) bond motifs is 2. The van der Waals surface area contributed by atoms with Crippen LogP contribution in [-0.2, 0) is 6.54 Å². The summed E-state index contributed by atoms with van der Waals surface area (Å²) in [5.74, 6) is -0.284. The van der Waals surface area contributed by atoms with Gasteiger partial charge in [-0.05, 0) is 41.5 Å². The zero-order valence-corrected chi connectivity index (χ0v) is 17.2. The van der Waals surface area contributed by atoms with E-state index < -0.39 is 6.04 Å². The lowest BCUT2D eigenvalue weighted by molar-refractivity contribution is 0.0714. The molecular weight excluding hydrogens is 421 g/mol. The molecule has 1 unspecified atom stereocenters. The summed E-state index contributed by atoms with van der Waals surface area (Å²) in [4.78, 5) is 28.4. The summed E-state index contributed by atoms with van der Waals surface area (Å²) in [5.41, 5.74) is 2.02. The molecule has 5 rings (SSSR count). The summed E-state index contributed by atoms with van der Waals surface area (Å²) in [6, 6.07) is 20.8. The molecule has 148 valence electrons. The average molecular weight is 436 g/mol. The van der Waals surface area contributed by atoms with Crippen molar-refractivity contribution in [2.75, 3.05) is 0 Å². The van der Waals surface area contributed by atoms with E-state index >= 15 is 0 Å². The third-order valence-electron chi connectivity index (χ3n) is 5.34. The van der Waals surface area contributed by atoms with E-state index in [0.717, 1.165) is 11.1 Å². The van der Waals surface area contributed by atoms with Crippen LogP contribution < -0.4 is 5.43 Å². The minimum absolute atomic E-state index is 0.0655. The van der Waals surface area contributed by atoms with Crippen LogP contribution in [0.3, 0.4) is 0 Å². The van der Waals surface area contributed by atoms with Gasteiger partial charge in [0.2, 0.25) is 5.76 Å². The van der Waals surface area contributed by atoms with Gasteiger partial charge < -0.3 is 9.32 Å². The van der Waals surface area contributed by atoms with Crippen molar-refractivity contribution in [3.8, 4) is 0 Å². The Labute approximate surface area is 182 Å². The molecule has 3 aromatic carbocycles. The quantitative estimate of drug-likeness (QED) is 0.405. The van der Waals surface area contributed by atoms with Crippen LogP contribution in [0.25, 0.3) is 11.0 Å². The third-order valence-corrected chi connectivity index (χ3v) is 5.94. The lowest BCUT2D eigenvalue weighted by atomic mass is 9.98. The molecule has 0 aliphatic carbocycles. The Morgan fingerprint density at radius 2 is 1.67 bits per heavy atom. The zero-order chi connectivity index (χ0) is 20.8. The van der Waals surface area contributed by atoms with Gasteiger partial charge in [-0.1, -0.05) is 65.7 Å². The largest absolute Gasteiger partial charge is 0.450 e. The molecule has 0 radical (unpaired) electrons. The van der Waals surface area contributed by atoms with Crippen LogP contribution in [0, 0.1) is 0 Å². The van der Waals surface area contributed by atoms with Crippen molar-refractivity contribution in [3.63, 3.8) is 0 Å². The van der Waals surface area contributed by atoms with E-state index in [0.29, 0.717) is 26.6 Å². The zero-order valence-electron chi connectivity index (χ0n) is 15.6. The van der Waals surface area contributed by atoms with Gasteiger partial charge >= 0.3 is 0 Å². The number of amides is 1. The van der Waals surface area contributed by atoms with Gasteiger partial charge in [0.25, 0.3) is 5.91 Å². The third kappa shape index (κ3) is 3.00. The molecule has 0 saturated heterocycles. The van der Waals surface area contributed by atoms with Gasteiger partial charge in [0.1, 0.15) is 5.58 Å². The van der Waals surface area contributed by atoms with Crippen LogP contribution in [0.15, 0.2) is 82.0 Å². The van der Waals surface area contributed by atoms with Crippen molar-refractivity contribution < 1.29 is 9.21 Å². The topological polar surface area (TPSA) is 50.5 Å². The van der Waals surface area contributed by atoms with Crippen LogP contribution in [-0.4, -0.2) is 10.8 Å². The van der Waals surface area contributed by atoms with Crippen LogP contribution in [0.1, 0.15) is 33.3 Å². The summed E-state index contributed by atoms with van der Waals surface area (Å²) in [5, 5.41) is 1.52. The van der Waals surface area contributed by atoms with Crippen LogP contribution in [0.2, 0.25) is 10.0 Å². The van der Waals surface area contributed by atoms with E-state index in [9.17, 15) is 9.59 Å². The summed E-state index contributed by atoms with van der Waals surface area (Å²) < 4.78 is 5.92. The van der Waals surface area contributed by atoms with Crippen molar-refractivity contribution in [2.45, 2.75) is 12.6 Å². The Morgan fingerprint density at radius 3 is 2.47 bits per heavy atom. The molecule has 0 spiro atoms. The Bertz CT molecular complexity index is 1360. The summed E-state index contributed by atoms with van der Waals surface area (Å²) in [6.07, 6.45) is 0. The fraction of sp³-hybridized carbons (Fsp3) is 0.0833. The van der Waals surface area contributed by atoms with Gasteiger partial charge in [-0.15, -0.1) is 0 Å². The van der Waals surface area contributed by atoms with Crippen molar-refractivity contribution in [1.82, 2.24) is 4.90 Å². The lowest BCUT2D eigenvalue weighted by Crippen LogP contribution is -2.29. The number of nitrogens with zero attached hydrogens (tertiary/aromatic N) is 1. The smallest absolute Gasteiger partial charge is 0.291 e. The number of hydrogen-bond acceptors (Lipinski definition) is 3. The van der Waals surface area contributed by atoms with Crippen LogP contribution >= 0.6 is 23.2 Å². The molecule has 4 aromatic rings. The first kappa shape index (κ1) is 18.9. The maximum Gasteiger partial charge on any atom is 0.291 e. The highest BCUT2D eigenvalue weighted by molar-refractivity contribution is 6.31. The molecule has 30 heavy (non-hydrogen) atoms. The molecule has 0 fully saturated rings. The number of carbonyl (C=O) groups is 1. The second kappa shape index (κ2) is 7.31. The van der Waals surface area contributed by atoms with Crippen molar-refractivity contribution in [3.05, 3.63) is 116 Å². The Morgan fingerprint density at radius 1 is 0.900 bits per heavy atom. The number of carbonyl (C=O) groups excluding carboxylic acids is 1. The molecule has 1 aliphatic rings. The predicted octanol–water partition coefficient (Wildman–Crippen LogP) is 5.85. The Kier molecular flexibility index (Phi) is 4.61. The SMILES string of the molecule is O=C1c2oc3ccccc3c(=O)c2C(c2cccc(Cl)c2)N1Cc1ccccc1Cl. The summed E-state index contributed by atoms with van der Waals surface area (Å²) in [6.45, 7) is 0.232. The van der Waals surface area contributed by atoms with Gasteiger partial charge in [0, 0.05) is 16.6 Å². The summed E-state index contributed by atoms with van der Waals surface area (Å²) in [7, 11) is 0. The molecule has 1 amide bonds. The number of halogens is 2. The van der Waals surface area contributed by atoms with Gasteiger partial charge in [-0.2, -0.15) is 0 Å². The first-order chi connectivity index (χ1) is 14.5. The molecule has 1 aromatic heterocycles. The van der Waals surface area contributed by atoms with E-state index in [1.807, 2.05) is 24.3 Å². The molecule has 1 atom stereocenters. The minimum Gasteiger partial charge on any atom is -0.450 e. The highest BCUT2D eigenvalue weighted by Gasteiger charge is 2.42. The van der Waals surface area contributed by atoms with Crippen molar-refractivity contribution in [2.24, 2.45) is 0 Å². The molecule has 2 heterocycles. The number of rotatable bonds is 3. The Balaban J connectivity index is 1.75. The van der Waals surface area contributed by atoms with Crippen molar-refractivity contribution >= 4 is 40.1 Å². The fourth-order valence-electron chi connectivity index (χ4n) is 3.96. The second-order valence-corrected chi connectivity index (χ2v) is 8.00.